The lowest BCUT2D eigenvalue weighted by molar-refractivity contribution is -0.159. The van der Waals surface area contributed by atoms with Crippen molar-refractivity contribution in [1.29, 1.82) is 0 Å². The number of hydrogen-bond donors (Lipinski definition) is 3. The first-order valence-corrected chi connectivity index (χ1v) is 7.31. The Morgan fingerprint density at radius 1 is 1.09 bits per heavy atom. The van der Waals surface area contributed by atoms with Crippen molar-refractivity contribution in [3.8, 4) is 5.75 Å². The van der Waals surface area contributed by atoms with Gasteiger partial charge in [-0.25, -0.2) is 9.59 Å². The van der Waals surface area contributed by atoms with E-state index in [1.54, 1.807) is 24.3 Å². The normalized spacial score (nSPS) is 9.57. The Bertz CT molecular complexity index is 501. The highest BCUT2D eigenvalue weighted by Crippen LogP contribution is 2.15. The molecule has 0 saturated carbocycles. The number of carboxylic acid groups (broad SMARTS) is 2. The van der Waals surface area contributed by atoms with Crippen LogP contribution in [0.2, 0.25) is 5.02 Å². The fraction of sp³-hybridized carbons (Fsp3) is 0.400. The molecule has 1 rings (SSSR count). The molecule has 0 fully saturated rings. The molecular weight excluding hydrogens is 326 g/mol. The second-order valence-electron chi connectivity index (χ2n) is 4.43. The van der Waals surface area contributed by atoms with Crippen molar-refractivity contribution in [3.63, 3.8) is 0 Å². The molecule has 23 heavy (non-hydrogen) atoms. The Morgan fingerprint density at radius 3 is 1.96 bits per heavy atom. The summed E-state index contributed by atoms with van der Waals surface area (Å²) in [6.07, 6.45) is 1.87. The van der Waals surface area contributed by atoms with E-state index in [4.69, 9.17) is 36.1 Å². The molecule has 0 bridgehead atoms. The van der Waals surface area contributed by atoms with Gasteiger partial charge in [-0.2, -0.15) is 0 Å². The topological polar surface area (TPSA) is 113 Å². The predicted molar refractivity (Wildman–Crippen MR) is 84.7 cm³/mol. The lowest BCUT2D eigenvalue weighted by Crippen LogP contribution is -2.37. The summed E-state index contributed by atoms with van der Waals surface area (Å²) in [5.41, 5.74) is 0. The zero-order chi connectivity index (χ0) is 17.8. The van der Waals surface area contributed by atoms with E-state index in [2.05, 4.69) is 19.2 Å². The van der Waals surface area contributed by atoms with Gasteiger partial charge in [0.15, 0.2) is 6.61 Å². The summed E-state index contributed by atoms with van der Waals surface area (Å²) in [5.74, 6) is -3.09. The Balaban J connectivity index is 0.000000688. The first-order valence-electron chi connectivity index (χ1n) is 6.94. The van der Waals surface area contributed by atoms with E-state index in [1.165, 1.54) is 0 Å². The van der Waals surface area contributed by atoms with Crippen LogP contribution < -0.4 is 10.1 Å². The van der Waals surface area contributed by atoms with Crippen LogP contribution in [0.25, 0.3) is 0 Å². The molecule has 0 atom stereocenters. The molecule has 0 unspecified atom stereocenters. The second-order valence-corrected chi connectivity index (χ2v) is 4.87. The maximum absolute atomic E-state index is 11.5. The maximum Gasteiger partial charge on any atom is 0.414 e. The van der Waals surface area contributed by atoms with Gasteiger partial charge in [0, 0.05) is 11.1 Å². The summed E-state index contributed by atoms with van der Waals surface area (Å²) >= 11 is 5.75. The largest absolute Gasteiger partial charge is 0.484 e. The van der Waals surface area contributed by atoms with Gasteiger partial charge in [0.25, 0.3) is 5.91 Å². The molecule has 3 N–H and O–H groups in total. The highest BCUT2D eigenvalue weighted by Gasteiger charge is 2.08. The van der Waals surface area contributed by atoms with Crippen molar-refractivity contribution in [3.05, 3.63) is 29.3 Å². The van der Waals surface area contributed by atoms with Gasteiger partial charge in [0.2, 0.25) is 0 Å². The van der Waals surface area contributed by atoms with Gasteiger partial charge in [0.1, 0.15) is 5.75 Å². The molecule has 0 heterocycles. The van der Waals surface area contributed by atoms with Gasteiger partial charge >= 0.3 is 11.9 Å². The Labute approximate surface area is 139 Å². The number of nitrogens with one attached hydrogen (secondary N) is 1. The minimum absolute atomic E-state index is 0.0398. The predicted octanol–water partition coefficient (Wildman–Crippen LogP) is 2.18. The number of amides is 1. The minimum atomic E-state index is -1.82. The number of ether oxygens (including phenoxy) is 1. The summed E-state index contributed by atoms with van der Waals surface area (Å²) in [6.45, 7) is 4.14. The Kier molecular flexibility index (Phi) is 10.2. The standard InChI is InChI=1S/C13H18ClNO2.C2H2O4/c1-3-11(4-2)15-13(16)9-17-12-7-5-10(14)6-8-12;3-1(4)2(5)6/h5-8,11H,3-4,9H2,1-2H3,(H,15,16);(H,3,4)(H,5,6). The van der Waals surface area contributed by atoms with Gasteiger partial charge in [-0.05, 0) is 37.1 Å². The van der Waals surface area contributed by atoms with Crippen LogP contribution in [0.15, 0.2) is 24.3 Å². The molecule has 1 amide bonds. The second kappa shape index (κ2) is 11.3. The van der Waals surface area contributed by atoms with E-state index in [1.807, 2.05) is 0 Å². The number of carboxylic acids is 2. The molecule has 0 aliphatic carbocycles. The smallest absolute Gasteiger partial charge is 0.414 e. The molecule has 8 heteroatoms. The summed E-state index contributed by atoms with van der Waals surface area (Å²) in [6, 6.07) is 7.18. The van der Waals surface area contributed by atoms with Crippen LogP contribution in [-0.2, 0) is 14.4 Å². The van der Waals surface area contributed by atoms with E-state index in [0.29, 0.717) is 10.8 Å². The van der Waals surface area contributed by atoms with Crippen LogP contribution in [0, 0.1) is 0 Å². The van der Waals surface area contributed by atoms with Crippen LogP contribution in [0.1, 0.15) is 26.7 Å². The SMILES string of the molecule is CCC(CC)NC(=O)COc1ccc(Cl)cc1.O=C(O)C(=O)O. The van der Waals surface area contributed by atoms with E-state index in [-0.39, 0.29) is 18.6 Å². The quantitative estimate of drug-likeness (QED) is 0.681. The van der Waals surface area contributed by atoms with Crippen molar-refractivity contribution in [2.75, 3.05) is 6.61 Å². The number of benzene rings is 1. The zero-order valence-electron chi connectivity index (χ0n) is 12.9. The molecule has 0 aliphatic rings. The Morgan fingerprint density at radius 2 is 1.57 bits per heavy atom. The highest BCUT2D eigenvalue weighted by molar-refractivity contribution is 6.30. The first kappa shape index (κ1) is 20.7. The van der Waals surface area contributed by atoms with E-state index < -0.39 is 11.9 Å². The summed E-state index contributed by atoms with van der Waals surface area (Å²) < 4.78 is 5.34. The molecule has 1 aromatic rings. The molecule has 0 aromatic heterocycles. The van der Waals surface area contributed by atoms with E-state index in [0.717, 1.165) is 12.8 Å². The summed E-state index contributed by atoms with van der Waals surface area (Å²) in [4.78, 5) is 29.7. The maximum atomic E-state index is 11.5. The molecule has 7 nitrogen and oxygen atoms in total. The third kappa shape index (κ3) is 10.1. The van der Waals surface area contributed by atoms with Gasteiger partial charge in [0.05, 0.1) is 0 Å². The van der Waals surface area contributed by atoms with Gasteiger partial charge in [-0.15, -0.1) is 0 Å². The van der Waals surface area contributed by atoms with Gasteiger partial charge < -0.3 is 20.3 Å². The molecule has 1 aromatic carbocycles. The molecule has 128 valence electrons. The summed E-state index contributed by atoms with van der Waals surface area (Å²) in [5, 5.41) is 18.3. The van der Waals surface area contributed by atoms with Crippen LogP contribution in [-0.4, -0.2) is 40.7 Å². The molecule has 0 radical (unpaired) electrons. The van der Waals surface area contributed by atoms with Crippen molar-refractivity contribution < 1.29 is 29.3 Å². The van der Waals surface area contributed by atoms with Crippen molar-refractivity contribution in [1.82, 2.24) is 5.32 Å². The number of aliphatic carboxylic acids is 2. The molecule has 0 spiro atoms. The van der Waals surface area contributed by atoms with Crippen LogP contribution in [0.3, 0.4) is 0 Å². The molecule has 0 aliphatic heterocycles. The van der Waals surface area contributed by atoms with Crippen molar-refractivity contribution in [2.45, 2.75) is 32.7 Å². The van der Waals surface area contributed by atoms with E-state index in [9.17, 15) is 4.79 Å². The number of rotatable bonds is 6. The number of carbonyl (C=O) groups excluding carboxylic acids is 1. The van der Waals surface area contributed by atoms with Crippen LogP contribution >= 0.6 is 11.6 Å². The average Bonchev–Trinajstić information content (AvgIpc) is 2.52. The third-order valence-electron chi connectivity index (χ3n) is 2.72. The molecule has 0 saturated heterocycles. The minimum Gasteiger partial charge on any atom is -0.484 e. The van der Waals surface area contributed by atoms with Crippen LogP contribution in [0.5, 0.6) is 5.75 Å². The number of halogens is 1. The van der Waals surface area contributed by atoms with E-state index >= 15 is 0 Å². The van der Waals surface area contributed by atoms with Crippen LogP contribution in [0.4, 0.5) is 0 Å². The Hall–Kier alpha value is -2.28. The lowest BCUT2D eigenvalue weighted by Gasteiger charge is -2.14. The van der Waals surface area contributed by atoms with Gasteiger partial charge in [-0.3, -0.25) is 4.79 Å². The van der Waals surface area contributed by atoms with Crippen molar-refractivity contribution >= 4 is 29.4 Å². The number of carbonyl (C=O) groups is 3. The fourth-order valence-electron chi connectivity index (χ4n) is 1.44. The number of hydrogen-bond acceptors (Lipinski definition) is 4. The fourth-order valence-corrected chi connectivity index (χ4v) is 1.57. The van der Waals surface area contributed by atoms with Crippen molar-refractivity contribution in [2.24, 2.45) is 0 Å². The summed E-state index contributed by atoms with van der Waals surface area (Å²) in [7, 11) is 0. The average molecular weight is 346 g/mol. The highest BCUT2D eigenvalue weighted by atomic mass is 35.5. The van der Waals surface area contributed by atoms with Gasteiger partial charge in [-0.1, -0.05) is 25.4 Å². The zero-order valence-corrected chi connectivity index (χ0v) is 13.7. The lowest BCUT2D eigenvalue weighted by atomic mass is 10.2. The molecular formula is C15H20ClNO6. The monoisotopic (exact) mass is 345 g/mol. The third-order valence-corrected chi connectivity index (χ3v) is 2.97. The first-order chi connectivity index (χ1) is 10.8.